The number of halogens is 1. The van der Waals surface area contributed by atoms with Gasteiger partial charge in [-0.15, -0.1) is 0 Å². The minimum Gasteiger partial charge on any atom is -0.486 e. The minimum atomic E-state index is -0.977. The summed E-state index contributed by atoms with van der Waals surface area (Å²) in [5.41, 5.74) is 0.604. The fourth-order valence-electron chi connectivity index (χ4n) is 3.10. The largest absolute Gasteiger partial charge is 0.486 e. The summed E-state index contributed by atoms with van der Waals surface area (Å²) in [7, 11) is 0. The molecule has 4 rings (SSSR count). The second kappa shape index (κ2) is 9.34. The van der Waals surface area contributed by atoms with Crippen LogP contribution in [0.5, 0.6) is 11.5 Å². The first-order valence-corrected chi connectivity index (χ1v) is 10.7. The first kappa shape index (κ1) is 23.0. The predicted molar refractivity (Wildman–Crippen MR) is 126 cm³/mol. The SMILES string of the molecule is CCC(=O)COc1cccc(Nc2ncc(F)c(Nc3ccc4c(c3)NC(=O)C(C)(C)O4)n2)c1. The number of hydrogen-bond donors (Lipinski definition) is 3. The number of anilines is 5. The van der Waals surface area contributed by atoms with Crippen molar-refractivity contribution in [3.63, 3.8) is 0 Å². The summed E-state index contributed by atoms with van der Waals surface area (Å²) in [6.07, 6.45) is 1.45. The van der Waals surface area contributed by atoms with E-state index in [1.165, 1.54) is 0 Å². The van der Waals surface area contributed by atoms with Crippen molar-refractivity contribution in [2.24, 2.45) is 0 Å². The molecule has 3 aromatic rings. The van der Waals surface area contributed by atoms with E-state index in [4.69, 9.17) is 9.47 Å². The molecule has 0 radical (unpaired) electrons. The lowest BCUT2D eigenvalue weighted by molar-refractivity contribution is -0.129. The van der Waals surface area contributed by atoms with Crippen LogP contribution in [-0.2, 0) is 9.59 Å². The van der Waals surface area contributed by atoms with Crippen molar-refractivity contribution < 1.29 is 23.5 Å². The maximum atomic E-state index is 14.4. The summed E-state index contributed by atoms with van der Waals surface area (Å²) in [5.74, 6) is 0.191. The zero-order valence-electron chi connectivity index (χ0n) is 18.9. The molecule has 1 aliphatic rings. The molecule has 0 atom stereocenters. The second-order valence-electron chi connectivity index (χ2n) is 8.13. The third-order valence-corrected chi connectivity index (χ3v) is 5.03. The van der Waals surface area contributed by atoms with Crippen LogP contribution in [0.1, 0.15) is 27.2 Å². The number of aromatic nitrogens is 2. The summed E-state index contributed by atoms with van der Waals surface area (Å²) in [4.78, 5) is 31.8. The number of ketones is 1. The van der Waals surface area contributed by atoms with Crippen LogP contribution in [0.15, 0.2) is 48.7 Å². The quantitative estimate of drug-likeness (QED) is 0.443. The van der Waals surface area contributed by atoms with Gasteiger partial charge in [-0.1, -0.05) is 13.0 Å². The Morgan fingerprint density at radius 2 is 1.97 bits per heavy atom. The Morgan fingerprint density at radius 1 is 1.18 bits per heavy atom. The van der Waals surface area contributed by atoms with Gasteiger partial charge in [-0.05, 0) is 44.2 Å². The van der Waals surface area contributed by atoms with Crippen LogP contribution in [0, 0.1) is 5.82 Å². The number of ether oxygens (including phenoxy) is 2. The van der Waals surface area contributed by atoms with Gasteiger partial charge in [-0.2, -0.15) is 4.98 Å². The van der Waals surface area contributed by atoms with E-state index >= 15 is 0 Å². The molecule has 1 aliphatic heterocycles. The van der Waals surface area contributed by atoms with Gasteiger partial charge < -0.3 is 25.4 Å². The Balaban J connectivity index is 1.49. The smallest absolute Gasteiger partial charge is 0.268 e. The van der Waals surface area contributed by atoms with Crippen molar-refractivity contribution in [3.8, 4) is 11.5 Å². The molecule has 0 bridgehead atoms. The topological polar surface area (TPSA) is 114 Å². The van der Waals surface area contributed by atoms with Gasteiger partial charge in [0.25, 0.3) is 5.91 Å². The number of fused-ring (bicyclic) bond motifs is 1. The standard InChI is InChI=1S/C24H24FN5O4/c1-4-16(31)13-33-17-7-5-6-14(10-17)28-23-26-12-18(25)21(30-23)27-15-8-9-20-19(11-15)29-22(32)24(2,3)34-20/h5-12H,4,13H2,1-3H3,(H,29,32)(H2,26,27,28,30). The summed E-state index contributed by atoms with van der Waals surface area (Å²) in [5, 5.41) is 8.68. The van der Waals surface area contributed by atoms with Crippen molar-refractivity contribution >= 4 is 40.5 Å². The molecule has 2 aromatic carbocycles. The molecule has 0 spiro atoms. The number of amides is 1. The Labute approximate surface area is 195 Å². The van der Waals surface area contributed by atoms with E-state index in [9.17, 15) is 14.0 Å². The van der Waals surface area contributed by atoms with Crippen LogP contribution < -0.4 is 25.4 Å². The van der Waals surface area contributed by atoms with Gasteiger partial charge in [0.1, 0.15) is 18.1 Å². The maximum Gasteiger partial charge on any atom is 0.268 e. The molecule has 0 aliphatic carbocycles. The van der Waals surface area contributed by atoms with Crippen LogP contribution in [0.4, 0.5) is 33.2 Å². The van der Waals surface area contributed by atoms with Gasteiger partial charge in [-0.25, -0.2) is 9.37 Å². The van der Waals surface area contributed by atoms with Crippen molar-refractivity contribution in [3.05, 3.63) is 54.5 Å². The van der Waals surface area contributed by atoms with E-state index in [1.807, 2.05) is 0 Å². The number of Topliss-reactive ketones (excluding diaryl/α,β-unsaturated/α-hetero) is 1. The number of nitrogens with one attached hydrogen (secondary N) is 3. The molecule has 1 amide bonds. The van der Waals surface area contributed by atoms with Gasteiger partial charge >= 0.3 is 0 Å². The molecule has 176 valence electrons. The molecule has 0 saturated carbocycles. The van der Waals surface area contributed by atoms with Gasteiger partial charge in [0, 0.05) is 23.9 Å². The van der Waals surface area contributed by atoms with E-state index in [0.717, 1.165) is 6.20 Å². The Bertz CT molecular complexity index is 1250. The molecular formula is C24H24FN5O4. The lowest BCUT2D eigenvalue weighted by Gasteiger charge is -2.31. The molecule has 3 N–H and O–H groups in total. The number of benzene rings is 2. The summed E-state index contributed by atoms with van der Waals surface area (Å²) < 4.78 is 25.6. The molecular weight excluding hydrogens is 441 g/mol. The van der Waals surface area contributed by atoms with Crippen molar-refractivity contribution in [1.82, 2.24) is 9.97 Å². The average molecular weight is 465 g/mol. The highest BCUT2D eigenvalue weighted by molar-refractivity contribution is 6.00. The fraction of sp³-hybridized carbons (Fsp3) is 0.250. The van der Waals surface area contributed by atoms with Crippen LogP contribution in [0.3, 0.4) is 0 Å². The van der Waals surface area contributed by atoms with Crippen LogP contribution in [0.2, 0.25) is 0 Å². The van der Waals surface area contributed by atoms with E-state index in [0.29, 0.717) is 35.0 Å². The van der Waals surface area contributed by atoms with Gasteiger partial charge in [0.2, 0.25) is 5.95 Å². The Morgan fingerprint density at radius 3 is 2.76 bits per heavy atom. The second-order valence-corrected chi connectivity index (χ2v) is 8.13. The fourth-order valence-corrected chi connectivity index (χ4v) is 3.10. The summed E-state index contributed by atoms with van der Waals surface area (Å²) in [6.45, 7) is 5.12. The third-order valence-electron chi connectivity index (χ3n) is 5.03. The van der Waals surface area contributed by atoms with Crippen LogP contribution in [-0.4, -0.2) is 33.9 Å². The highest BCUT2D eigenvalue weighted by Crippen LogP contribution is 2.36. The third kappa shape index (κ3) is 5.22. The predicted octanol–water partition coefficient (Wildman–Crippen LogP) is 4.57. The summed E-state index contributed by atoms with van der Waals surface area (Å²) in [6, 6.07) is 12.0. The zero-order chi connectivity index (χ0) is 24.3. The molecule has 9 nitrogen and oxygen atoms in total. The minimum absolute atomic E-state index is 0.00651. The van der Waals surface area contributed by atoms with E-state index in [-0.39, 0.29) is 30.1 Å². The molecule has 1 aromatic heterocycles. The summed E-state index contributed by atoms with van der Waals surface area (Å²) >= 11 is 0. The van der Waals surface area contributed by atoms with Crippen molar-refractivity contribution in [2.75, 3.05) is 22.6 Å². The first-order chi connectivity index (χ1) is 16.2. The van der Waals surface area contributed by atoms with E-state index in [2.05, 4.69) is 25.9 Å². The number of carbonyl (C=O) groups excluding carboxylic acids is 2. The molecule has 0 unspecified atom stereocenters. The zero-order valence-corrected chi connectivity index (χ0v) is 18.9. The molecule has 10 heteroatoms. The molecule has 0 fully saturated rings. The van der Waals surface area contributed by atoms with Crippen molar-refractivity contribution in [1.29, 1.82) is 0 Å². The first-order valence-electron chi connectivity index (χ1n) is 10.7. The van der Waals surface area contributed by atoms with Crippen molar-refractivity contribution in [2.45, 2.75) is 32.8 Å². The maximum absolute atomic E-state index is 14.4. The molecule has 34 heavy (non-hydrogen) atoms. The van der Waals surface area contributed by atoms with Crippen LogP contribution in [0.25, 0.3) is 0 Å². The number of rotatable bonds is 8. The monoisotopic (exact) mass is 465 g/mol. The normalized spacial score (nSPS) is 13.8. The number of hydrogen-bond acceptors (Lipinski definition) is 8. The van der Waals surface area contributed by atoms with Gasteiger partial charge in [0.15, 0.2) is 23.0 Å². The number of carbonyl (C=O) groups is 2. The van der Waals surface area contributed by atoms with Gasteiger partial charge in [-0.3, -0.25) is 9.59 Å². The Kier molecular flexibility index (Phi) is 6.31. The van der Waals surface area contributed by atoms with Gasteiger partial charge in [0.05, 0.1) is 11.9 Å². The highest BCUT2D eigenvalue weighted by atomic mass is 19.1. The Hall–Kier alpha value is -4.21. The lowest BCUT2D eigenvalue weighted by atomic mass is 10.1. The number of nitrogens with zero attached hydrogens (tertiary/aromatic N) is 2. The van der Waals surface area contributed by atoms with E-state index in [1.54, 1.807) is 63.2 Å². The molecule has 0 saturated heterocycles. The highest BCUT2D eigenvalue weighted by Gasteiger charge is 2.35. The molecule has 2 heterocycles. The van der Waals surface area contributed by atoms with E-state index < -0.39 is 11.4 Å². The van der Waals surface area contributed by atoms with Crippen LogP contribution >= 0.6 is 0 Å². The average Bonchev–Trinajstić information content (AvgIpc) is 2.81. The lowest BCUT2D eigenvalue weighted by Crippen LogP contribution is -2.45.